The van der Waals surface area contributed by atoms with Crippen LogP contribution in [0.15, 0.2) is 30.3 Å². The van der Waals surface area contributed by atoms with Crippen molar-refractivity contribution in [2.75, 3.05) is 0 Å². The van der Waals surface area contributed by atoms with Crippen LogP contribution < -0.4 is 48.6 Å². The number of hydrogen-bond acceptors (Lipinski definition) is 10. The number of benzene rings is 1. The number of nitrogens with zero attached hydrogens (tertiary/aromatic N) is 1. The van der Waals surface area contributed by atoms with Crippen LogP contribution in [-0.4, -0.2) is 21.6 Å². The molecule has 1 aliphatic heterocycles. The molecule has 1 heterocycles. The van der Waals surface area contributed by atoms with Gasteiger partial charge in [-0.05, 0) is 19.1 Å². The molecular weight excluding hydrogens is 355 g/mol. The third kappa shape index (κ3) is 3.96. The highest BCUT2D eigenvalue weighted by molar-refractivity contribution is 7.71. The van der Waals surface area contributed by atoms with Crippen LogP contribution in [0, 0.1) is 0 Å². The third-order valence-corrected chi connectivity index (χ3v) is 8.06. The van der Waals surface area contributed by atoms with Crippen LogP contribution in [0.2, 0.25) is 0 Å². The highest BCUT2D eigenvalue weighted by Gasteiger charge is 2.56. The lowest BCUT2D eigenvalue weighted by Gasteiger charge is -2.53. The first-order chi connectivity index (χ1) is 10.6. The van der Waals surface area contributed by atoms with Gasteiger partial charge >= 0.3 is 0 Å². The standard InChI is InChI=1S/C10H24N9OP3/c1-8(11,12)9(13,14)10(15,16)19-22-17-21-18-23(19)20-7-5-3-2-4-6-7/h2-6,17-18,21-22H,11-16H2,1H3. The molecule has 14 N–H and O–H groups in total. The second-order valence-electron chi connectivity index (χ2n) is 5.44. The lowest BCUT2D eigenvalue weighted by atomic mass is 9.91. The molecule has 0 aromatic heterocycles. The first-order valence-corrected chi connectivity index (χ1v) is 9.81. The highest BCUT2D eigenvalue weighted by atomic mass is 31.2. The van der Waals surface area contributed by atoms with E-state index in [9.17, 15) is 0 Å². The fourth-order valence-corrected chi connectivity index (χ4v) is 6.71. The van der Waals surface area contributed by atoms with Crippen molar-refractivity contribution in [2.24, 2.45) is 34.4 Å². The van der Waals surface area contributed by atoms with Crippen molar-refractivity contribution in [2.45, 2.75) is 24.0 Å². The monoisotopic (exact) mass is 379 g/mol. The van der Waals surface area contributed by atoms with Crippen molar-refractivity contribution in [3.63, 3.8) is 0 Å². The molecule has 1 aromatic carbocycles. The summed E-state index contributed by atoms with van der Waals surface area (Å²) in [6.45, 7) is 1.47. The van der Waals surface area contributed by atoms with Gasteiger partial charge in [0, 0.05) is 17.8 Å². The Morgan fingerprint density at radius 1 is 1.09 bits per heavy atom. The summed E-state index contributed by atoms with van der Waals surface area (Å²) in [7, 11) is -1.05. The molecule has 2 rings (SSSR count). The van der Waals surface area contributed by atoms with E-state index in [2.05, 4.69) is 9.72 Å². The number of nitrogens with two attached hydrogens (primary N) is 6. The minimum absolute atomic E-state index is 0.0447. The Kier molecular flexibility index (Phi) is 5.91. The Morgan fingerprint density at radius 3 is 2.26 bits per heavy atom. The molecule has 13 heteroatoms. The second kappa shape index (κ2) is 7.06. The lowest BCUT2D eigenvalue weighted by Crippen LogP contribution is -2.91. The zero-order valence-electron chi connectivity index (χ0n) is 12.7. The van der Waals surface area contributed by atoms with Crippen LogP contribution in [0.1, 0.15) is 6.92 Å². The maximum atomic E-state index is 6.26. The molecule has 10 nitrogen and oxygen atoms in total. The molecule has 1 saturated heterocycles. The van der Waals surface area contributed by atoms with Crippen molar-refractivity contribution < 1.29 is 4.52 Å². The van der Waals surface area contributed by atoms with Crippen LogP contribution >= 0.6 is 26.2 Å². The zero-order chi connectivity index (χ0) is 17.3. The van der Waals surface area contributed by atoms with Gasteiger partial charge in [-0.1, -0.05) is 18.2 Å². The molecular formula is C10H24N9OP3. The number of nitrogens with one attached hydrogen (secondary N) is 2. The second-order valence-corrected chi connectivity index (χ2v) is 9.76. The van der Waals surface area contributed by atoms with Gasteiger partial charge in [-0.25, -0.2) is 4.86 Å². The van der Waals surface area contributed by atoms with E-state index >= 15 is 0 Å². The Bertz CT molecular complexity index is 524. The predicted molar refractivity (Wildman–Crippen MR) is 97.7 cm³/mol. The number of rotatable bonds is 5. The van der Waals surface area contributed by atoms with E-state index in [1.54, 1.807) is 4.44 Å². The first kappa shape index (κ1) is 19.3. The fourth-order valence-electron chi connectivity index (χ4n) is 1.75. The number of hydrogen-bond donors (Lipinski definition) is 8. The summed E-state index contributed by atoms with van der Waals surface area (Å²) >= 11 is 0. The maximum Gasteiger partial charge on any atom is 0.257 e. The van der Waals surface area contributed by atoms with Crippen molar-refractivity contribution >= 4 is 26.2 Å². The maximum absolute atomic E-state index is 6.26. The van der Waals surface area contributed by atoms with Crippen LogP contribution in [0.25, 0.3) is 0 Å². The topological polar surface area (TPSA) is 193 Å². The Morgan fingerprint density at radius 2 is 1.70 bits per heavy atom. The van der Waals surface area contributed by atoms with Crippen molar-refractivity contribution in [3.05, 3.63) is 30.3 Å². The number of para-hydroxylation sites is 1. The minimum Gasteiger partial charge on any atom is -0.444 e. The van der Waals surface area contributed by atoms with E-state index in [4.69, 9.17) is 38.9 Å². The minimum atomic E-state index is -1.78. The van der Waals surface area contributed by atoms with Crippen molar-refractivity contribution in [1.29, 1.82) is 0 Å². The van der Waals surface area contributed by atoms with Crippen LogP contribution in [0.4, 0.5) is 0 Å². The summed E-state index contributed by atoms with van der Waals surface area (Å²) in [5.74, 6) is -1.04. The molecule has 0 spiro atoms. The Balaban J connectivity index is 2.26. The average molecular weight is 379 g/mol. The average Bonchev–Trinajstić information content (AvgIpc) is 2.47. The van der Waals surface area contributed by atoms with Gasteiger partial charge in [0.15, 0.2) is 5.79 Å². The molecule has 3 unspecified atom stereocenters. The van der Waals surface area contributed by atoms with Gasteiger partial charge in [0.2, 0.25) is 0 Å². The van der Waals surface area contributed by atoms with Gasteiger partial charge in [-0.15, -0.1) is 0 Å². The molecule has 130 valence electrons. The molecule has 1 aromatic rings. The Labute approximate surface area is 140 Å². The van der Waals surface area contributed by atoms with Gasteiger partial charge in [0.25, 0.3) is 8.45 Å². The van der Waals surface area contributed by atoms with Crippen molar-refractivity contribution in [3.8, 4) is 5.75 Å². The smallest absolute Gasteiger partial charge is 0.257 e. The fraction of sp³-hybridized carbons (Fsp3) is 0.400. The van der Waals surface area contributed by atoms with Gasteiger partial charge in [-0.3, -0.25) is 16.3 Å². The summed E-state index contributed by atoms with van der Waals surface area (Å²) in [5, 5.41) is 0. The largest absolute Gasteiger partial charge is 0.444 e. The van der Waals surface area contributed by atoms with Crippen LogP contribution in [0.3, 0.4) is 0 Å². The van der Waals surface area contributed by atoms with Gasteiger partial charge in [-0.2, -0.15) is 4.44 Å². The van der Waals surface area contributed by atoms with E-state index in [-0.39, 0.29) is 17.8 Å². The quantitative estimate of drug-likeness (QED) is 0.223. The molecule has 1 fully saturated rings. The third-order valence-electron chi connectivity index (χ3n) is 3.40. The van der Waals surface area contributed by atoms with E-state index in [1.807, 2.05) is 30.3 Å². The molecule has 0 aliphatic carbocycles. The SMILES string of the molecule is CC(N)(N)C(N)(N)C(N)(N)N1PNPNP1Oc1ccccc1. The van der Waals surface area contributed by atoms with Crippen molar-refractivity contribution in [1.82, 2.24) is 14.2 Å². The zero-order valence-corrected chi connectivity index (χ0v) is 15.5. The molecule has 0 saturated carbocycles. The summed E-state index contributed by atoms with van der Waals surface area (Å²) < 4.78 is 7.59. The summed E-state index contributed by atoms with van der Waals surface area (Å²) in [5.41, 5.74) is 33.2. The summed E-state index contributed by atoms with van der Waals surface area (Å²) in [4.78, 5) is 6.32. The molecule has 0 bridgehead atoms. The lowest BCUT2D eigenvalue weighted by molar-refractivity contribution is 0.0812. The summed E-state index contributed by atoms with van der Waals surface area (Å²) in [6, 6.07) is 9.30. The van der Waals surface area contributed by atoms with E-state index in [0.717, 1.165) is 0 Å². The highest BCUT2D eigenvalue weighted by Crippen LogP contribution is 2.54. The van der Waals surface area contributed by atoms with Gasteiger partial charge < -0.3 is 27.5 Å². The molecule has 0 amide bonds. The molecule has 23 heavy (non-hydrogen) atoms. The summed E-state index contributed by atoms with van der Waals surface area (Å²) in [6.07, 6.45) is 0. The Hall–Kier alpha value is -0.0500. The molecule has 1 aliphatic rings. The van der Waals surface area contributed by atoms with E-state index < -0.39 is 25.6 Å². The van der Waals surface area contributed by atoms with Gasteiger partial charge in [0.05, 0.1) is 5.66 Å². The van der Waals surface area contributed by atoms with Crippen LogP contribution in [-0.2, 0) is 0 Å². The van der Waals surface area contributed by atoms with Gasteiger partial charge in [0.1, 0.15) is 11.4 Å². The van der Waals surface area contributed by atoms with E-state index in [1.165, 1.54) is 6.92 Å². The molecule has 3 atom stereocenters. The first-order valence-electron chi connectivity index (χ1n) is 6.65. The molecule has 0 radical (unpaired) electrons. The predicted octanol–water partition coefficient (Wildman–Crippen LogP) is -1.38. The van der Waals surface area contributed by atoms with E-state index in [0.29, 0.717) is 5.75 Å². The van der Waals surface area contributed by atoms with Crippen LogP contribution in [0.5, 0.6) is 5.75 Å². The normalized spacial score (nSPS) is 23.3.